The number of benzene rings is 2. The number of H-pyrrole nitrogens is 1. The molecule has 0 spiro atoms. The van der Waals surface area contributed by atoms with Crippen molar-refractivity contribution in [1.29, 1.82) is 0 Å². The van der Waals surface area contributed by atoms with Gasteiger partial charge in [0, 0.05) is 6.54 Å². The summed E-state index contributed by atoms with van der Waals surface area (Å²) in [6.07, 6.45) is -5.87. The minimum atomic E-state index is -4.54. The lowest BCUT2D eigenvalue weighted by molar-refractivity contribution is -0.139. The van der Waals surface area contributed by atoms with Crippen LogP contribution in [0.5, 0.6) is 0 Å². The number of alkyl halides is 3. The molecule has 0 aliphatic heterocycles. The van der Waals surface area contributed by atoms with Crippen LogP contribution in [0.3, 0.4) is 0 Å². The second-order valence-corrected chi connectivity index (χ2v) is 6.33. The molecule has 1 unspecified atom stereocenters. The first-order valence-electron chi connectivity index (χ1n) is 8.26. The number of para-hydroxylation sites is 1. The van der Waals surface area contributed by atoms with E-state index in [2.05, 4.69) is 9.97 Å². The zero-order valence-electron chi connectivity index (χ0n) is 14.5. The topological polar surface area (TPSA) is 69.2 Å². The first kappa shape index (κ1) is 19.1. The van der Waals surface area contributed by atoms with E-state index in [1.807, 2.05) is 0 Å². The number of halogens is 3. The summed E-state index contributed by atoms with van der Waals surface area (Å²) in [5.41, 5.74) is -0.792. The van der Waals surface area contributed by atoms with Crippen LogP contribution in [0.15, 0.2) is 53.3 Å². The summed E-state index contributed by atoms with van der Waals surface area (Å²) in [6.45, 7) is 0.120. The highest BCUT2D eigenvalue weighted by Crippen LogP contribution is 2.34. The number of aliphatic hydroxyl groups excluding tert-OH is 1. The zero-order valence-corrected chi connectivity index (χ0v) is 14.5. The minimum absolute atomic E-state index is 0.0520. The Morgan fingerprint density at radius 1 is 1.15 bits per heavy atom. The zero-order chi connectivity index (χ0) is 19.6. The van der Waals surface area contributed by atoms with Gasteiger partial charge in [0.05, 0.1) is 29.1 Å². The lowest BCUT2D eigenvalue weighted by Crippen LogP contribution is -2.27. The van der Waals surface area contributed by atoms with Gasteiger partial charge in [0.25, 0.3) is 5.56 Å². The fourth-order valence-electron chi connectivity index (χ4n) is 2.97. The summed E-state index contributed by atoms with van der Waals surface area (Å²) in [5, 5.41) is 10.8. The van der Waals surface area contributed by atoms with Gasteiger partial charge in [0.15, 0.2) is 0 Å². The molecular formula is C19H18F3N3O2. The Morgan fingerprint density at radius 3 is 2.56 bits per heavy atom. The Morgan fingerprint density at radius 2 is 1.81 bits per heavy atom. The quantitative estimate of drug-likeness (QED) is 0.717. The molecule has 0 bridgehead atoms. The summed E-state index contributed by atoms with van der Waals surface area (Å²) < 4.78 is 39.3. The van der Waals surface area contributed by atoms with E-state index in [4.69, 9.17) is 0 Å². The summed E-state index contributed by atoms with van der Waals surface area (Å²) in [4.78, 5) is 20.7. The van der Waals surface area contributed by atoms with Gasteiger partial charge in [-0.05, 0) is 30.8 Å². The Labute approximate surface area is 153 Å². The maximum Gasteiger partial charge on any atom is 0.416 e. The van der Waals surface area contributed by atoms with Crippen LogP contribution in [0.2, 0.25) is 0 Å². The van der Waals surface area contributed by atoms with Crippen LogP contribution < -0.4 is 5.56 Å². The molecule has 142 valence electrons. The molecule has 1 heterocycles. The van der Waals surface area contributed by atoms with Crippen LogP contribution >= 0.6 is 0 Å². The fourth-order valence-corrected chi connectivity index (χ4v) is 2.97. The molecule has 1 aromatic heterocycles. The average Bonchev–Trinajstić information content (AvgIpc) is 2.61. The molecule has 2 N–H and O–H groups in total. The smallest absolute Gasteiger partial charge is 0.387 e. The van der Waals surface area contributed by atoms with Gasteiger partial charge in [0.1, 0.15) is 5.82 Å². The van der Waals surface area contributed by atoms with Gasteiger partial charge in [-0.2, -0.15) is 13.2 Å². The highest BCUT2D eigenvalue weighted by molar-refractivity contribution is 5.77. The summed E-state index contributed by atoms with van der Waals surface area (Å²) in [6, 6.07) is 11.8. The SMILES string of the molecule is CN(Cc1nc2ccccc2c(=O)[nH]1)CC(O)c1ccccc1C(F)(F)F. The molecule has 1 atom stereocenters. The van der Waals surface area contributed by atoms with Crippen molar-refractivity contribution in [3.05, 3.63) is 75.8 Å². The number of likely N-dealkylation sites (N-methyl/N-ethyl adjacent to an activating group) is 1. The molecule has 3 rings (SSSR count). The first-order chi connectivity index (χ1) is 12.8. The van der Waals surface area contributed by atoms with Crippen LogP contribution in [0, 0.1) is 0 Å². The van der Waals surface area contributed by atoms with Crippen molar-refractivity contribution in [2.45, 2.75) is 18.8 Å². The number of nitrogens with one attached hydrogen (secondary N) is 1. The van der Waals surface area contributed by atoms with Crippen molar-refractivity contribution in [2.75, 3.05) is 13.6 Å². The maximum atomic E-state index is 13.1. The van der Waals surface area contributed by atoms with Crippen molar-refractivity contribution in [3.8, 4) is 0 Å². The normalized spacial score (nSPS) is 13.3. The van der Waals surface area contributed by atoms with Gasteiger partial charge in [-0.3, -0.25) is 9.69 Å². The van der Waals surface area contributed by atoms with Gasteiger partial charge >= 0.3 is 6.18 Å². The first-order valence-corrected chi connectivity index (χ1v) is 8.26. The highest BCUT2D eigenvalue weighted by atomic mass is 19.4. The highest BCUT2D eigenvalue weighted by Gasteiger charge is 2.34. The second kappa shape index (κ2) is 7.50. The summed E-state index contributed by atoms with van der Waals surface area (Å²) >= 11 is 0. The number of hydrogen-bond acceptors (Lipinski definition) is 4. The van der Waals surface area contributed by atoms with E-state index in [9.17, 15) is 23.1 Å². The maximum absolute atomic E-state index is 13.1. The molecular weight excluding hydrogens is 359 g/mol. The van der Waals surface area contributed by atoms with E-state index in [1.165, 1.54) is 18.2 Å². The van der Waals surface area contributed by atoms with E-state index in [0.717, 1.165) is 6.07 Å². The van der Waals surface area contributed by atoms with E-state index in [0.29, 0.717) is 16.7 Å². The van der Waals surface area contributed by atoms with Gasteiger partial charge in [-0.1, -0.05) is 30.3 Å². The Hall–Kier alpha value is -2.71. The predicted octanol–water partition coefficient (Wildman–Crippen LogP) is 3.11. The van der Waals surface area contributed by atoms with Crippen LogP contribution in [0.1, 0.15) is 23.1 Å². The predicted molar refractivity (Wildman–Crippen MR) is 95.1 cm³/mol. The van der Waals surface area contributed by atoms with Crippen LogP contribution in [-0.4, -0.2) is 33.6 Å². The van der Waals surface area contributed by atoms with Crippen LogP contribution in [-0.2, 0) is 12.7 Å². The van der Waals surface area contributed by atoms with Crippen molar-refractivity contribution in [1.82, 2.24) is 14.9 Å². The molecule has 0 fully saturated rings. The monoisotopic (exact) mass is 377 g/mol. The number of rotatable bonds is 5. The molecule has 0 saturated heterocycles. The van der Waals surface area contributed by atoms with Crippen molar-refractivity contribution in [2.24, 2.45) is 0 Å². The standard InChI is InChI=1S/C19H18F3N3O2/c1-25(10-16(26)12-6-2-4-8-14(12)19(20,21)22)11-17-23-15-9-5-3-7-13(15)18(27)24-17/h2-9,16,26H,10-11H2,1H3,(H,23,24,27). The lowest BCUT2D eigenvalue weighted by atomic mass is 10.0. The number of aliphatic hydroxyl groups is 1. The third-order valence-corrected chi connectivity index (χ3v) is 4.19. The molecule has 8 heteroatoms. The largest absolute Gasteiger partial charge is 0.416 e. The molecule has 5 nitrogen and oxygen atoms in total. The van der Waals surface area contributed by atoms with Crippen molar-refractivity contribution < 1.29 is 18.3 Å². The molecule has 3 aromatic rings. The molecule has 27 heavy (non-hydrogen) atoms. The van der Waals surface area contributed by atoms with Crippen LogP contribution in [0.25, 0.3) is 10.9 Å². The molecule has 0 amide bonds. The second-order valence-electron chi connectivity index (χ2n) is 6.33. The molecule has 0 radical (unpaired) electrons. The van der Waals surface area contributed by atoms with Crippen molar-refractivity contribution >= 4 is 10.9 Å². The number of nitrogens with zero attached hydrogens (tertiary/aromatic N) is 2. The number of aromatic amines is 1. The van der Waals surface area contributed by atoms with Gasteiger partial charge in [-0.25, -0.2) is 4.98 Å². The van der Waals surface area contributed by atoms with E-state index >= 15 is 0 Å². The third-order valence-electron chi connectivity index (χ3n) is 4.19. The van der Waals surface area contributed by atoms with Gasteiger partial charge in [-0.15, -0.1) is 0 Å². The average molecular weight is 377 g/mol. The molecule has 2 aromatic carbocycles. The van der Waals surface area contributed by atoms with Crippen molar-refractivity contribution in [3.63, 3.8) is 0 Å². The van der Waals surface area contributed by atoms with Crippen LogP contribution in [0.4, 0.5) is 13.2 Å². The van der Waals surface area contributed by atoms with Gasteiger partial charge in [0.2, 0.25) is 0 Å². The molecule has 0 saturated carbocycles. The third kappa shape index (κ3) is 4.35. The van der Waals surface area contributed by atoms with E-state index < -0.39 is 17.8 Å². The Kier molecular flexibility index (Phi) is 5.29. The van der Waals surface area contributed by atoms with Gasteiger partial charge < -0.3 is 10.1 Å². The number of hydrogen-bond donors (Lipinski definition) is 2. The van der Waals surface area contributed by atoms with E-state index in [1.54, 1.807) is 36.2 Å². The number of aromatic nitrogens is 2. The van der Waals surface area contributed by atoms with E-state index in [-0.39, 0.29) is 24.2 Å². The summed E-state index contributed by atoms with van der Waals surface area (Å²) in [7, 11) is 1.63. The summed E-state index contributed by atoms with van der Waals surface area (Å²) in [5.74, 6) is 0.373. The Balaban J connectivity index is 1.77. The lowest BCUT2D eigenvalue weighted by Gasteiger charge is -2.22. The Bertz CT molecular complexity index is 1000. The fraction of sp³-hybridized carbons (Fsp3) is 0.263. The number of fused-ring (bicyclic) bond motifs is 1. The minimum Gasteiger partial charge on any atom is -0.387 e. The molecule has 0 aliphatic carbocycles. The molecule has 0 aliphatic rings.